The number of nitrogens with zero attached hydrogens (tertiary/aromatic N) is 3. The monoisotopic (exact) mass is 421 g/mol. The maximum atomic E-state index is 13.1. The van der Waals surface area contributed by atoms with E-state index in [1.165, 1.54) is 0 Å². The van der Waals surface area contributed by atoms with Crippen molar-refractivity contribution in [1.82, 2.24) is 20.4 Å². The van der Waals surface area contributed by atoms with Crippen molar-refractivity contribution >= 4 is 23.3 Å². The fourth-order valence-electron chi connectivity index (χ4n) is 6.79. The van der Waals surface area contributed by atoms with Crippen molar-refractivity contribution in [2.45, 2.75) is 62.6 Å². The van der Waals surface area contributed by atoms with Gasteiger partial charge in [-0.25, -0.2) is 0 Å². The standard InChI is InChI=1S/C21H32ClN5O2/c1-26(15-4-3-5-23-11-15)20-16(22)18(25-27(20)2)19(28)24-17-13-6-12-7-14(17)10-21(29,8-12)9-13/h12-15,17,23,29H,3-11H2,1-2H3,(H,24,28)/t12?,13?,14?,15-,17?,21?/m1/s1. The molecule has 8 heteroatoms. The van der Waals surface area contributed by atoms with Gasteiger partial charge < -0.3 is 20.6 Å². The summed E-state index contributed by atoms with van der Waals surface area (Å²) in [6.07, 6.45) is 7.02. The molecule has 29 heavy (non-hydrogen) atoms. The van der Waals surface area contributed by atoms with Crippen LogP contribution in [0.4, 0.5) is 5.82 Å². The highest BCUT2D eigenvalue weighted by Crippen LogP contribution is 2.55. The number of likely N-dealkylation sites (N-methyl/N-ethyl adjacent to an activating group) is 1. The van der Waals surface area contributed by atoms with Crippen LogP contribution in [0.1, 0.15) is 55.4 Å². The molecule has 1 aromatic heterocycles. The van der Waals surface area contributed by atoms with Gasteiger partial charge in [0, 0.05) is 32.7 Å². The summed E-state index contributed by atoms with van der Waals surface area (Å²) >= 11 is 6.68. The number of aliphatic hydroxyl groups is 1. The molecule has 4 saturated carbocycles. The number of carbonyl (C=O) groups excluding carboxylic acids is 1. The van der Waals surface area contributed by atoms with Crippen LogP contribution < -0.4 is 15.5 Å². The number of rotatable bonds is 4. The molecule has 1 aromatic rings. The molecule has 1 saturated heterocycles. The van der Waals surface area contributed by atoms with Crippen molar-refractivity contribution in [2.75, 3.05) is 25.0 Å². The Bertz CT molecular complexity index is 789. The number of hydrogen-bond acceptors (Lipinski definition) is 5. The van der Waals surface area contributed by atoms with E-state index >= 15 is 0 Å². The van der Waals surface area contributed by atoms with E-state index in [-0.39, 0.29) is 11.9 Å². The lowest BCUT2D eigenvalue weighted by atomic mass is 9.52. The third kappa shape index (κ3) is 3.35. The molecular formula is C21H32ClN5O2. The molecule has 3 N–H and O–H groups in total. The lowest BCUT2D eigenvalue weighted by Gasteiger charge is -2.58. The second-order valence-electron chi connectivity index (χ2n) is 9.91. The molecule has 0 radical (unpaired) electrons. The van der Waals surface area contributed by atoms with Gasteiger partial charge in [-0.2, -0.15) is 5.10 Å². The van der Waals surface area contributed by atoms with Crippen LogP contribution in [0.5, 0.6) is 0 Å². The predicted molar refractivity (Wildman–Crippen MR) is 112 cm³/mol. The summed E-state index contributed by atoms with van der Waals surface area (Å²) in [7, 11) is 3.88. The van der Waals surface area contributed by atoms with Crippen molar-refractivity contribution in [3.8, 4) is 0 Å². The molecule has 0 aromatic carbocycles. The van der Waals surface area contributed by atoms with Gasteiger partial charge in [-0.05, 0) is 69.2 Å². The van der Waals surface area contributed by atoms with Crippen LogP contribution in [0, 0.1) is 17.8 Å². The number of nitrogens with one attached hydrogen (secondary N) is 2. The molecule has 2 heterocycles. The SMILES string of the molecule is CN(c1c(Cl)c(C(=O)NC2C3CC4CC2CC(O)(C4)C3)nn1C)[C@@H]1CCCNC1. The fourth-order valence-corrected chi connectivity index (χ4v) is 7.17. The van der Waals surface area contributed by atoms with Gasteiger partial charge in [0.25, 0.3) is 5.91 Å². The summed E-state index contributed by atoms with van der Waals surface area (Å²) in [5, 5.41) is 22.4. The zero-order valence-electron chi connectivity index (χ0n) is 17.3. The Kier molecular flexibility index (Phi) is 4.83. The number of aryl methyl sites for hydroxylation is 1. The maximum Gasteiger partial charge on any atom is 0.273 e. The molecule has 5 aliphatic rings. The van der Waals surface area contributed by atoms with Crippen LogP contribution in [0.2, 0.25) is 5.02 Å². The van der Waals surface area contributed by atoms with Crippen LogP contribution in [-0.2, 0) is 7.05 Å². The molecule has 1 aliphatic heterocycles. The van der Waals surface area contributed by atoms with Crippen molar-refractivity contribution in [3.63, 3.8) is 0 Å². The highest BCUT2D eigenvalue weighted by Gasteiger charge is 2.55. The van der Waals surface area contributed by atoms with Gasteiger partial charge in [-0.1, -0.05) is 11.6 Å². The first-order valence-electron chi connectivity index (χ1n) is 11.0. The second kappa shape index (κ2) is 7.13. The van der Waals surface area contributed by atoms with E-state index in [0.717, 1.165) is 63.9 Å². The van der Waals surface area contributed by atoms with Gasteiger partial charge in [0.05, 0.1) is 5.60 Å². The average molecular weight is 422 g/mol. The average Bonchev–Trinajstić information content (AvgIpc) is 2.97. The van der Waals surface area contributed by atoms with E-state index in [4.69, 9.17) is 11.6 Å². The van der Waals surface area contributed by atoms with Crippen molar-refractivity contribution in [3.05, 3.63) is 10.7 Å². The molecule has 3 atom stereocenters. The van der Waals surface area contributed by atoms with E-state index in [2.05, 4.69) is 20.6 Å². The molecule has 0 spiro atoms. The summed E-state index contributed by atoms with van der Waals surface area (Å²) in [6.45, 7) is 1.96. The molecule has 4 aliphatic carbocycles. The first-order chi connectivity index (χ1) is 13.8. The number of hydrogen-bond donors (Lipinski definition) is 3. The maximum absolute atomic E-state index is 13.1. The third-order valence-electron chi connectivity index (χ3n) is 7.87. The zero-order chi connectivity index (χ0) is 20.3. The third-order valence-corrected chi connectivity index (χ3v) is 8.22. The van der Waals surface area contributed by atoms with E-state index in [1.807, 2.05) is 14.1 Å². The normalized spacial score (nSPS) is 38.3. The highest BCUT2D eigenvalue weighted by molar-refractivity contribution is 6.36. The summed E-state index contributed by atoms with van der Waals surface area (Å²) in [6, 6.07) is 0.471. The zero-order valence-corrected chi connectivity index (χ0v) is 18.1. The van der Waals surface area contributed by atoms with Gasteiger partial charge in [-0.15, -0.1) is 0 Å². The largest absolute Gasteiger partial charge is 0.390 e. The molecule has 4 bridgehead atoms. The number of piperidine rings is 1. The smallest absolute Gasteiger partial charge is 0.273 e. The number of aromatic nitrogens is 2. The van der Waals surface area contributed by atoms with E-state index < -0.39 is 5.60 Å². The fraction of sp³-hybridized carbons (Fsp3) is 0.810. The van der Waals surface area contributed by atoms with E-state index in [9.17, 15) is 9.90 Å². The van der Waals surface area contributed by atoms with E-state index in [1.54, 1.807) is 4.68 Å². The minimum atomic E-state index is -0.496. The van der Waals surface area contributed by atoms with Crippen LogP contribution in [0.25, 0.3) is 0 Å². The molecule has 7 nitrogen and oxygen atoms in total. The summed E-state index contributed by atoms with van der Waals surface area (Å²) in [5.74, 6) is 1.97. The molecule has 160 valence electrons. The Balaban J connectivity index is 1.33. The number of carbonyl (C=O) groups is 1. The number of halogens is 1. The lowest BCUT2D eigenvalue weighted by Crippen LogP contribution is -2.61. The Morgan fingerprint density at radius 3 is 2.69 bits per heavy atom. The minimum absolute atomic E-state index is 0.126. The van der Waals surface area contributed by atoms with Crippen molar-refractivity contribution in [2.24, 2.45) is 24.8 Å². The molecule has 5 fully saturated rings. The lowest BCUT2D eigenvalue weighted by molar-refractivity contribution is -0.136. The number of amides is 1. The van der Waals surface area contributed by atoms with Crippen LogP contribution in [0.15, 0.2) is 0 Å². The summed E-state index contributed by atoms with van der Waals surface area (Å²) in [4.78, 5) is 15.3. The quantitative estimate of drug-likeness (QED) is 0.692. The van der Waals surface area contributed by atoms with E-state index in [0.29, 0.717) is 34.5 Å². The number of anilines is 1. The van der Waals surface area contributed by atoms with Gasteiger partial charge >= 0.3 is 0 Å². The predicted octanol–water partition coefficient (Wildman–Crippen LogP) is 1.93. The molecule has 1 amide bonds. The Labute approximate surface area is 177 Å². The van der Waals surface area contributed by atoms with Crippen molar-refractivity contribution in [1.29, 1.82) is 0 Å². The minimum Gasteiger partial charge on any atom is -0.390 e. The van der Waals surface area contributed by atoms with Crippen molar-refractivity contribution < 1.29 is 9.90 Å². The summed E-state index contributed by atoms with van der Waals surface area (Å²) in [5.41, 5.74) is -0.183. The topological polar surface area (TPSA) is 82.4 Å². The first kappa shape index (κ1) is 19.6. The Morgan fingerprint density at radius 2 is 2.07 bits per heavy atom. The second-order valence-corrected chi connectivity index (χ2v) is 10.3. The highest BCUT2D eigenvalue weighted by atomic mass is 35.5. The van der Waals surface area contributed by atoms with Gasteiger partial charge in [0.2, 0.25) is 0 Å². The Morgan fingerprint density at radius 1 is 1.34 bits per heavy atom. The summed E-state index contributed by atoms with van der Waals surface area (Å²) < 4.78 is 1.73. The van der Waals surface area contributed by atoms with Crippen LogP contribution in [-0.4, -0.2) is 58.6 Å². The molecular weight excluding hydrogens is 390 g/mol. The van der Waals surface area contributed by atoms with Gasteiger partial charge in [-0.3, -0.25) is 9.48 Å². The van der Waals surface area contributed by atoms with Crippen LogP contribution >= 0.6 is 11.6 Å². The van der Waals surface area contributed by atoms with Gasteiger partial charge in [0.15, 0.2) is 5.69 Å². The van der Waals surface area contributed by atoms with Crippen LogP contribution in [0.3, 0.4) is 0 Å². The molecule has 2 unspecified atom stereocenters. The molecule has 6 rings (SSSR count). The van der Waals surface area contributed by atoms with Gasteiger partial charge in [0.1, 0.15) is 10.8 Å². The Hall–Kier alpha value is -1.31. The first-order valence-corrected chi connectivity index (χ1v) is 11.4.